The molecular formula is C13H11ClFNO2. The van der Waals surface area contributed by atoms with Crippen LogP contribution < -0.4 is 5.32 Å². The highest BCUT2D eigenvalue weighted by atomic mass is 35.5. The van der Waals surface area contributed by atoms with Crippen LogP contribution in [0.25, 0.3) is 0 Å². The summed E-state index contributed by atoms with van der Waals surface area (Å²) in [6.07, 6.45) is 1.91. The Morgan fingerprint density at radius 2 is 2.22 bits per heavy atom. The molecule has 0 saturated heterocycles. The molecule has 94 valence electrons. The summed E-state index contributed by atoms with van der Waals surface area (Å²) in [5.41, 5.74) is 1.13. The first-order chi connectivity index (χ1) is 8.66. The zero-order valence-corrected chi connectivity index (χ0v) is 10.2. The highest BCUT2D eigenvalue weighted by Gasteiger charge is 2.11. The zero-order valence-electron chi connectivity index (χ0n) is 9.45. The first-order valence-electron chi connectivity index (χ1n) is 5.42. The summed E-state index contributed by atoms with van der Waals surface area (Å²) in [5, 5.41) is 2.76. The van der Waals surface area contributed by atoms with Gasteiger partial charge in [-0.1, -0.05) is 12.1 Å². The molecule has 0 unspecified atom stereocenters. The molecule has 0 atom stereocenters. The van der Waals surface area contributed by atoms with Crippen molar-refractivity contribution in [1.29, 1.82) is 0 Å². The predicted molar refractivity (Wildman–Crippen MR) is 66.2 cm³/mol. The van der Waals surface area contributed by atoms with Gasteiger partial charge in [0.2, 0.25) is 5.22 Å². The summed E-state index contributed by atoms with van der Waals surface area (Å²) in [6, 6.07) is 7.77. The Morgan fingerprint density at radius 1 is 1.39 bits per heavy atom. The van der Waals surface area contributed by atoms with Crippen LogP contribution in [0, 0.1) is 5.82 Å². The third-order valence-corrected chi connectivity index (χ3v) is 2.74. The summed E-state index contributed by atoms with van der Waals surface area (Å²) < 4.78 is 17.7. The van der Waals surface area contributed by atoms with E-state index in [0.29, 0.717) is 18.5 Å². The van der Waals surface area contributed by atoms with Gasteiger partial charge in [-0.3, -0.25) is 4.79 Å². The molecule has 0 radical (unpaired) electrons. The van der Waals surface area contributed by atoms with Gasteiger partial charge in [0.1, 0.15) is 5.82 Å². The molecule has 1 N–H and O–H groups in total. The fourth-order valence-electron chi connectivity index (χ4n) is 1.56. The lowest BCUT2D eigenvalue weighted by Gasteiger charge is -2.04. The molecule has 1 amide bonds. The molecule has 1 aromatic heterocycles. The van der Waals surface area contributed by atoms with Crippen molar-refractivity contribution >= 4 is 17.5 Å². The summed E-state index contributed by atoms with van der Waals surface area (Å²) in [4.78, 5) is 11.7. The van der Waals surface area contributed by atoms with E-state index in [9.17, 15) is 9.18 Å². The SMILES string of the molecule is O=C(NCCc1cccc(F)c1)c1ccoc1Cl. The number of halogens is 2. The summed E-state index contributed by atoms with van der Waals surface area (Å²) in [6.45, 7) is 0.407. The number of carbonyl (C=O) groups excluding carboxylic acids is 1. The first-order valence-corrected chi connectivity index (χ1v) is 5.80. The Balaban J connectivity index is 1.86. The van der Waals surface area contributed by atoms with Crippen molar-refractivity contribution in [3.8, 4) is 0 Å². The molecule has 0 aliphatic rings. The monoisotopic (exact) mass is 267 g/mol. The van der Waals surface area contributed by atoms with Crippen molar-refractivity contribution in [3.05, 3.63) is 58.8 Å². The molecule has 5 heteroatoms. The van der Waals surface area contributed by atoms with E-state index in [0.717, 1.165) is 5.56 Å². The maximum atomic E-state index is 12.9. The Labute approximate surface area is 109 Å². The number of benzene rings is 1. The van der Waals surface area contributed by atoms with Crippen molar-refractivity contribution in [2.45, 2.75) is 6.42 Å². The van der Waals surface area contributed by atoms with Gasteiger partial charge in [0.05, 0.1) is 11.8 Å². The van der Waals surface area contributed by atoms with E-state index in [4.69, 9.17) is 16.0 Å². The molecule has 18 heavy (non-hydrogen) atoms. The highest BCUT2D eigenvalue weighted by molar-refractivity contribution is 6.32. The van der Waals surface area contributed by atoms with Crippen molar-refractivity contribution in [2.75, 3.05) is 6.54 Å². The Bertz CT molecular complexity index is 553. The summed E-state index contributed by atoms with van der Waals surface area (Å²) in [7, 11) is 0. The van der Waals surface area contributed by atoms with E-state index in [-0.39, 0.29) is 16.9 Å². The molecule has 0 aliphatic carbocycles. The van der Waals surface area contributed by atoms with Crippen LogP contribution in [0.1, 0.15) is 15.9 Å². The van der Waals surface area contributed by atoms with E-state index in [1.54, 1.807) is 12.1 Å². The van der Waals surface area contributed by atoms with Gasteiger partial charge in [-0.15, -0.1) is 0 Å². The second-order valence-corrected chi connectivity index (χ2v) is 4.09. The molecule has 1 aromatic carbocycles. The third kappa shape index (κ3) is 3.11. The first kappa shape index (κ1) is 12.6. The van der Waals surface area contributed by atoms with Crippen molar-refractivity contribution < 1.29 is 13.6 Å². The van der Waals surface area contributed by atoms with E-state index in [1.807, 2.05) is 0 Å². The van der Waals surface area contributed by atoms with Gasteiger partial charge in [0.25, 0.3) is 5.91 Å². The lowest BCUT2D eigenvalue weighted by Crippen LogP contribution is -2.25. The quantitative estimate of drug-likeness (QED) is 0.925. The average Bonchev–Trinajstić information content (AvgIpc) is 2.75. The minimum Gasteiger partial charge on any atom is -0.452 e. The normalized spacial score (nSPS) is 10.3. The van der Waals surface area contributed by atoms with Crippen LogP contribution in [0.5, 0.6) is 0 Å². The standard InChI is InChI=1S/C13H11ClFNO2/c14-12-11(5-7-18-12)13(17)16-6-4-9-2-1-3-10(15)8-9/h1-3,5,7-8H,4,6H2,(H,16,17). The minimum atomic E-state index is -0.301. The van der Waals surface area contributed by atoms with Gasteiger partial charge in [-0.25, -0.2) is 4.39 Å². The van der Waals surface area contributed by atoms with Crippen LogP contribution in [0.2, 0.25) is 5.22 Å². The van der Waals surface area contributed by atoms with Gasteiger partial charge >= 0.3 is 0 Å². The smallest absolute Gasteiger partial charge is 0.256 e. The number of nitrogens with one attached hydrogen (secondary N) is 1. The van der Waals surface area contributed by atoms with Crippen LogP contribution in [-0.2, 0) is 6.42 Å². The molecular weight excluding hydrogens is 257 g/mol. The van der Waals surface area contributed by atoms with Gasteiger partial charge in [-0.2, -0.15) is 0 Å². The Kier molecular flexibility index (Phi) is 3.99. The predicted octanol–water partition coefficient (Wildman–Crippen LogP) is 3.04. The van der Waals surface area contributed by atoms with E-state index in [2.05, 4.69) is 5.32 Å². The van der Waals surface area contributed by atoms with Crippen LogP contribution in [0.15, 0.2) is 41.0 Å². The molecule has 0 fully saturated rings. The Hall–Kier alpha value is -1.81. The zero-order chi connectivity index (χ0) is 13.0. The van der Waals surface area contributed by atoms with Crippen molar-refractivity contribution in [3.63, 3.8) is 0 Å². The molecule has 3 nitrogen and oxygen atoms in total. The summed E-state index contributed by atoms with van der Waals surface area (Å²) >= 11 is 5.67. The highest BCUT2D eigenvalue weighted by Crippen LogP contribution is 2.16. The molecule has 1 heterocycles. The number of hydrogen-bond donors (Lipinski definition) is 1. The second-order valence-electron chi connectivity index (χ2n) is 3.74. The maximum absolute atomic E-state index is 12.9. The largest absolute Gasteiger partial charge is 0.452 e. The van der Waals surface area contributed by atoms with Gasteiger partial charge in [-0.05, 0) is 41.8 Å². The fraction of sp³-hybridized carbons (Fsp3) is 0.154. The molecule has 0 bridgehead atoms. The number of amides is 1. The second kappa shape index (κ2) is 5.69. The van der Waals surface area contributed by atoms with E-state index >= 15 is 0 Å². The van der Waals surface area contributed by atoms with Crippen LogP contribution >= 0.6 is 11.6 Å². The molecule has 0 spiro atoms. The van der Waals surface area contributed by atoms with E-state index in [1.165, 1.54) is 24.5 Å². The van der Waals surface area contributed by atoms with Crippen LogP contribution in [0.4, 0.5) is 4.39 Å². The van der Waals surface area contributed by atoms with Crippen LogP contribution in [0.3, 0.4) is 0 Å². The maximum Gasteiger partial charge on any atom is 0.256 e. The van der Waals surface area contributed by atoms with Crippen molar-refractivity contribution in [2.24, 2.45) is 0 Å². The average molecular weight is 268 g/mol. The van der Waals surface area contributed by atoms with E-state index < -0.39 is 0 Å². The molecule has 2 aromatic rings. The number of furan rings is 1. The lowest BCUT2D eigenvalue weighted by atomic mass is 10.1. The van der Waals surface area contributed by atoms with Gasteiger partial charge in [0, 0.05) is 6.54 Å². The molecule has 0 aliphatic heterocycles. The number of carbonyl (C=O) groups is 1. The van der Waals surface area contributed by atoms with Gasteiger partial charge < -0.3 is 9.73 Å². The summed E-state index contributed by atoms with van der Waals surface area (Å²) in [5.74, 6) is -0.582. The third-order valence-electron chi connectivity index (χ3n) is 2.45. The fourth-order valence-corrected chi connectivity index (χ4v) is 1.76. The topological polar surface area (TPSA) is 42.2 Å². The number of hydrogen-bond acceptors (Lipinski definition) is 2. The van der Waals surface area contributed by atoms with Gasteiger partial charge in [0.15, 0.2) is 0 Å². The molecule has 0 saturated carbocycles. The van der Waals surface area contributed by atoms with Crippen molar-refractivity contribution in [1.82, 2.24) is 5.32 Å². The lowest BCUT2D eigenvalue weighted by molar-refractivity contribution is 0.0953. The number of rotatable bonds is 4. The minimum absolute atomic E-state index is 0.0678. The Morgan fingerprint density at radius 3 is 2.89 bits per heavy atom. The van der Waals surface area contributed by atoms with Crippen LogP contribution in [-0.4, -0.2) is 12.5 Å². The molecule has 2 rings (SSSR count).